The summed E-state index contributed by atoms with van der Waals surface area (Å²) >= 11 is 0. The van der Waals surface area contributed by atoms with E-state index in [1.54, 1.807) is 0 Å². The van der Waals surface area contributed by atoms with Crippen LogP contribution in [-0.4, -0.2) is 72.8 Å². The average molecular weight is 489 g/mol. The first-order valence-electron chi connectivity index (χ1n) is 13.6. The summed E-state index contributed by atoms with van der Waals surface area (Å²) in [7, 11) is 0. The molecule has 2 aliphatic heterocycles. The van der Waals surface area contributed by atoms with Crippen LogP contribution in [0.4, 0.5) is 0 Å². The molecule has 3 aromatic rings. The SMILES string of the molecule is Cc1cccc(Cn2c(CN3CCC(C(=O)NCCCN4CCOCC4)CC3)cc3ccccc32)c1. The van der Waals surface area contributed by atoms with Crippen molar-refractivity contribution in [2.45, 2.75) is 39.3 Å². The standard InChI is InChI=1S/C30H40N4O2/c1-24-6-4-7-25(20-24)22-34-28(21-27-8-2-3-9-29(27)34)23-33-14-10-26(11-15-33)30(35)31-12-5-13-32-16-18-36-19-17-32/h2-4,6-9,20-21,26H,5,10-19,22-23H2,1H3,(H,31,35). The number of para-hydroxylation sites is 1. The number of carbonyl (C=O) groups is 1. The maximum Gasteiger partial charge on any atom is 0.223 e. The average Bonchev–Trinajstić information content (AvgIpc) is 3.24. The molecule has 0 bridgehead atoms. The highest BCUT2D eigenvalue weighted by Gasteiger charge is 2.25. The second kappa shape index (κ2) is 12.0. The third-order valence-corrected chi connectivity index (χ3v) is 7.72. The molecular weight excluding hydrogens is 448 g/mol. The van der Waals surface area contributed by atoms with Gasteiger partial charge in [-0.3, -0.25) is 14.6 Å². The van der Waals surface area contributed by atoms with E-state index in [0.29, 0.717) is 0 Å². The number of likely N-dealkylation sites (tertiary alicyclic amines) is 1. The molecular formula is C30H40N4O2. The lowest BCUT2D eigenvalue weighted by Crippen LogP contribution is -2.41. The minimum atomic E-state index is 0.141. The van der Waals surface area contributed by atoms with Crippen LogP contribution in [0.3, 0.4) is 0 Å². The fourth-order valence-electron chi connectivity index (χ4n) is 5.64. The van der Waals surface area contributed by atoms with Crippen LogP contribution in [0, 0.1) is 12.8 Å². The highest BCUT2D eigenvalue weighted by atomic mass is 16.5. The summed E-state index contributed by atoms with van der Waals surface area (Å²) < 4.78 is 7.88. The summed E-state index contributed by atoms with van der Waals surface area (Å²) in [5.74, 6) is 0.382. The Balaban J connectivity index is 1.14. The van der Waals surface area contributed by atoms with E-state index in [0.717, 1.165) is 84.8 Å². The van der Waals surface area contributed by atoms with Gasteiger partial charge in [0.1, 0.15) is 0 Å². The molecule has 192 valence electrons. The van der Waals surface area contributed by atoms with Gasteiger partial charge >= 0.3 is 0 Å². The van der Waals surface area contributed by atoms with Crippen LogP contribution >= 0.6 is 0 Å². The van der Waals surface area contributed by atoms with Crippen LogP contribution < -0.4 is 5.32 Å². The molecule has 3 heterocycles. The van der Waals surface area contributed by atoms with Gasteiger partial charge in [-0.2, -0.15) is 0 Å². The Morgan fingerprint density at radius 1 is 0.944 bits per heavy atom. The molecule has 0 radical (unpaired) electrons. The predicted molar refractivity (Wildman–Crippen MR) is 145 cm³/mol. The molecule has 2 saturated heterocycles. The number of aromatic nitrogens is 1. The molecule has 0 aliphatic carbocycles. The highest BCUT2D eigenvalue weighted by molar-refractivity contribution is 5.81. The zero-order chi connectivity index (χ0) is 24.7. The Labute approximate surface area is 215 Å². The Hall–Kier alpha value is -2.67. The highest BCUT2D eigenvalue weighted by Crippen LogP contribution is 2.25. The number of hydrogen-bond donors (Lipinski definition) is 1. The van der Waals surface area contributed by atoms with E-state index in [1.807, 2.05) is 0 Å². The van der Waals surface area contributed by atoms with Crippen molar-refractivity contribution in [3.63, 3.8) is 0 Å². The lowest BCUT2D eigenvalue weighted by atomic mass is 9.95. The third kappa shape index (κ3) is 6.36. The summed E-state index contributed by atoms with van der Waals surface area (Å²) in [6.07, 6.45) is 2.89. The number of rotatable bonds is 9. The van der Waals surface area contributed by atoms with Crippen molar-refractivity contribution in [3.8, 4) is 0 Å². The van der Waals surface area contributed by atoms with E-state index in [4.69, 9.17) is 4.74 Å². The summed E-state index contributed by atoms with van der Waals surface area (Å²) in [6.45, 7) is 11.4. The van der Waals surface area contributed by atoms with Crippen molar-refractivity contribution < 1.29 is 9.53 Å². The Kier molecular flexibility index (Phi) is 8.36. The first-order valence-corrected chi connectivity index (χ1v) is 13.6. The molecule has 5 rings (SSSR count). The molecule has 0 saturated carbocycles. The van der Waals surface area contributed by atoms with E-state index in [9.17, 15) is 4.79 Å². The molecule has 0 spiro atoms. The minimum absolute atomic E-state index is 0.141. The first kappa shape index (κ1) is 25.0. The molecule has 2 fully saturated rings. The van der Waals surface area contributed by atoms with Crippen molar-refractivity contribution in [1.29, 1.82) is 0 Å². The maximum absolute atomic E-state index is 12.7. The molecule has 1 amide bonds. The van der Waals surface area contributed by atoms with E-state index in [2.05, 4.69) is 81.2 Å². The zero-order valence-electron chi connectivity index (χ0n) is 21.6. The number of hydrogen-bond acceptors (Lipinski definition) is 4. The zero-order valence-corrected chi connectivity index (χ0v) is 21.6. The van der Waals surface area contributed by atoms with Crippen molar-refractivity contribution in [3.05, 3.63) is 71.4 Å². The molecule has 36 heavy (non-hydrogen) atoms. The molecule has 1 aromatic heterocycles. The molecule has 0 atom stereocenters. The van der Waals surface area contributed by atoms with Gasteiger partial charge in [-0.1, -0.05) is 48.0 Å². The monoisotopic (exact) mass is 488 g/mol. The van der Waals surface area contributed by atoms with Gasteiger partial charge in [0, 0.05) is 49.9 Å². The van der Waals surface area contributed by atoms with Gasteiger partial charge in [0.05, 0.1) is 13.2 Å². The Morgan fingerprint density at radius 3 is 2.56 bits per heavy atom. The van der Waals surface area contributed by atoms with E-state index in [-0.39, 0.29) is 11.8 Å². The largest absolute Gasteiger partial charge is 0.379 e. The second-order valence-electron chi connectivity index (χ2n) is 10.4. The fourth-order valence-corrected chi connectivity index (χ4v) is 5.64. The van der Waals surface area contributed by atoms with Crippen molar-refractivity contribution >= 4 is 16.8 Å². The molecule has 0 unspecified atom stereocenters. The number of morpholine rings is 1. The van der Waals surface area contributed by atoms with E-state index >= 15 is 0 Å². The van der Waals surface area contributed by atoms with E-state index < -0.39 is 0 Å². The van der Waals surface area contributed by atoms with Crippen molar-refractivity contribution in [1.82, 2.24) is 19.7 Å². The minimum Gasteiger partial charge on any atom is -0.379 e. The van der Waals surface area contributed by atoms with Gasteiger partial charge in [0.15, 0.2) is 0 Å². The van der Waals surface area contributed by atoms with Gasteiger partial charge in [-0.05, 0) is 68.9 Å². The molecule has 1 N–H and O–H groups in total. The Morgan fingerprint density at radius 2 is 1.75 bits per heavy atom. The second-order valence-corrected chi connectivity index (χ2v) is 10.4. The van der Waals surface area contributed by atoms with Crippen molar-refractivity contribution in [2.24, 2.45) is 5.92 Å². The van der Waals surface area contributed by atoms with Crippen LogP contribution in [0.2, 0.25) is 0 Å². The van der Waals surface area contributed by atoms with Gasteiger partial charge in [-0.15, -0.1) is 0 Å². The number of nitrogens with one attached hydrogen (secondary N) is 1. The van der Waals surface area contributed by atoms with Crippen LogP contribution in [0.25, 0.3) is 10.9 Å². The number of benzene rings is 2. The molecule has 6 nitrogen and oxygen atoms in total. The van der Waals surface area contributed by atoms with Crippen LogP contribution in [0.5, 0.6) is 0 Å². The number of ether oxygens (including phenoxy) is 1. The van der Waals surface area contributed by atoms with Gasteiger partial charge in [-0.25, -0.2) is 0 Å². The van der Waals surface area contributed by atoms with Crippen LogP contribution in [0.1, 0.15) is 36.1 Å². The fraction of sp³-hybridized carbons (Fsp3) is 0.500. The summed E-state index contributed by atoms with van der Waals surface area (Å²) in [5.41, 5.74) is 5.28. The number of carbonyl (C=O) groups excluding carboxylic acids is 1. The number of amides is 1. The molecule has 6 heteroatoms. The normalized spacial score (nSPS) is 18.0. The summed E-state index contributed by atoms with van der Waals surface area (Å²) in [5, 5.41) is 4.49. The molecule has 2 aliphatic rings. The third-order valence-electron chi connectivity index (χ3n) is 7.72. The van der Waals surface area contributed by atoms with Gasteiger partial charge < -0.3 is 14.6 Å². The summed E-state index contributed by atoms with van der Waals surface area (Å²) in [6, 6.07) is 19.8. The number of piperidine rings is 1. The number of aryl methyl sites for hydroxylation is 1. The quantitative estimate of drug-likeness (QED) is 0.462. The summed E-state index contributed by atoms with van der Waals surface area (Å²) in [4.78, 5) is 17.7. The lowest BCUT2D eigenvalue weighted by Gasteiger charge is -2.31. The Bertz CT molecular complexity index is 1140. The van der Waals surface area contributed by atoms with Crippen molar-refractivity contribution in [2.75, 3.05) is 52.5 Å². The number of fused-ring (bicyclic) bond motifs is 1. The van der Waals surface area contributed by atoms with Gasteiger partial charge in [0.2, 0.25) is 5.91 Å². The van der Waals surface area contributed by atoms with Crippen LogP contribution in [0.15, 0.2) is 54.6 Å². The lowest BCUT2D eigenvalue weighted by molar-refractivity contribution is -0.126. The van der Waals surface area contributed by atoms with Gasteiger partial charge in [0.25, 0.3) is 0 Å². The van der Waals surface area contributed by atoms with Crippen LogP contribution in [-0.2, 0) is 22.6 Å². The van der Waals surface area contributed by atoms with E-state index in [1.165, 1.54) is 27.7 Å². The smallest absolute Gasteiger partial charge is 0.223 e. The predicted octanol–water partition coefficient (Wildman–Crippen LogP) is 4.05. The molecule has 2 aromatic carbocycles. The topological polar surface area (TPSA) is 49.7 Å². The first-order chi connectivity index (χ1) is 17.7. The maximum atomic E-state index is 12.7. The number of nitrogens with zero attached hydrogens (tertiary/aromatic N) is 3.